The molecule has 0 aromatic heterocycles. The SMILES string of the molecule is CC1CC[C@H](/C=C/CCOC2=CCCC=C2)[C@H]1CC[C@@H](CO)CSCC(=O)O.CO. The predicted molar refractivity (Wildman–Crippen MR) is 124 cm³/mol. The molecule has 3 N–H and O–H groups in total. The minimum absolute atomic E-state index is 0.121. The first-order valence-corrected chi connectivity index (χ1v) is 12.3. The van der Waals surface area contributed by atoms with Gasteiger partial charge in [-0.1, -0.05) is 25.2 Å². The topological polar surface area (TPSA) is 87.0 Å². The Morgan fingerprint density at radius 3 is 2.80 bits per heavy atom. The molecule has 0 aromatic rings. The van der Waals surface area contributed by atoms with Gasteiger partial charge in [0.05, 0.1) is 12.4 Å². The molecular formula is C24H40O5S. The largest absolute Gasteiger partial charge is 0.494 e. The van der Waals surface area contributed by atoms with Crippen molar-refractivity contribution < 1.29 is 24.9 Å². The van der Waals surface area contributed by atoms with Gasteiger partial charge in [0.1, 0.15) is 5.76 Å². The Hall–Kier alpha value is -1.24. The van der Waals surface area contributed by atoms with E-state index in [-0.39, 0.29) is 18.3 Å². The molecule has 2 rings (SSSR count). The van der Waals surface area contributed by atoms with E-state index in [1.807, 2.05) is 0 Å². The first-order valence-electron chi connectivity index (χ1n) is 11.1. The second-order valence-corrected chi connectivity index (χ2v) is 9.10. The van der Waals surface area contributed by atoms with Gasteiger partial charge in [0, 0.05) is 13.7 Å². The van der Waals surface area contributed by atoms with Crippen LogP contribution < -0.4 is 0 Å². The summed E-state index contributed by atoms with van der Waals surface area (Å²) in [6.07, 6.45) is 18.8. The maximum absolute atomic E-state index is 10.7. The van der Waals surface area contributed by atoms with Gasteiger partial charge in [-0.05, 0) is 86.5 Å². The third kappa shape index (κ3) is 10.7. The Labute approximate surface area is 186 Å². The van der Waals surface area contributed by atoms with Gasteiger partial charge in [0.15, 0.2) is 0 Å². The van der Waals surface area contributed by atoms with Crippen molar-refractivity contribution in [1.82, 2.24) is 0 Å². The summed E-state index contributed by atoms with van der Waals surface area (Å²) in [5, 5.41) is 25.4. The van der Waals surface area contributed by atoms with E-state index in [0.717, 1.165) is 63.3 Å². The molecule has 30 heavy (non-hydrogen) atoms. The van der Waals surface area contributed by atoms with Crippen molar-refractivity contribution in [2.45, 2.75) is 51.9 Å². The molecule has 2 aliphatic carbocycles. The molecule has 1 unspecified atom stereocenters. The lowest BCUT2D eigenvalue weighted by Crippen LogP contribution is -2.17. The molecule has 1 saturated carbocycles. The van der Waals surface area contributed by atoms with Gasteiger partial charge < -0.3 is 20.1 Å². The molecule has 0 amide bonds. The average Bonchev–Trinajstić information content (AvgIpc) is 3.11. The molecule has 4 atom stereocenters. The number of allylic oxidation sites excluding steroid dienone is 4. The van der Waals surface area contributed by atoms with E-state index in [2.05, 4.69) is 37.3 Å². The number of hydrogen-bond acceptors (Lipinski definition) is 5. The summed E-state index contributed by atoms with van der Waals surface area (Å²) in [4.78, 5) is 10.7. The molecule has 172 valence electrons. The van der Waals surface area contributed by atoms with Crippen LogP contribution in [0.25, 0.3) is 0 Å². The van der Waals surface area contributed by atoms with Crippen molar-refractivity contribution in [2.24, 2.45) is 23.7 Å². The highest BCUT2D eigenvalue weighted by molar-refractivity contribution is 7.99. The average molecular weight is 441 g/mol. The molecule has 0 bridgehead atoms. The van der Waals surface area contributed by atoms with Gasteiger partial charge in [-0.15, -0.1) is 11.8 Å². The number of hydrogen-bond donors (Lipinski definition) is 3. The molecule has 0 radical (unpaired) electrons. The first kappa shape index (κ1) is 26.8. The monoisotopic (exact) mass is 440 g/mol. The summed E-state index contributed by atoms with van der Waals surface area (Å²) >= 11 is 1.41. The number of rotatable bonds is 13. The second-order valence-electron chi connectivity index (χ2n) is 8.07. The molecule has 0 aliphatic heterocycles. The smallest absolute Gasteiger partial charge is 0.313 e. The zero-order chi connectivity index (χ0) is 22.2. The van der Waals surface area contributed by atoms with Crippen molar-refractivity contribution in [3.63, 3.8) is 0 Å². The van der Waals surface area contributed by atoms with Crippen molar-refractivity contribution in [3.05, 3.63) is 36.1 Å². The highest BCUT2D eigenvalue weighted by atomic mass is 32.2. The number of carboxylic acid groups (broad SMARTS) is 1. The minimum Gasteiger partial charge on any atom is -0.494 e. The second kappa shape index (κ2) is 16.5. The maximum Gasteiger partial charge on any atom is 0.313 e. The van der Waals surface area contributed by atoms with Crippen molar-refractivity contribution >= 4 is 17.7 Å². The molecule has 1 fully saturated rings. The third-order valence-corrected chi connectivity index (χ3v) is 7.04. The number of carbonyl (C=O) groups is 1. The lowest BCUT2D eigenvalue weighted by molar-refractivity contribution is -0.133. The van der Waals surface area contributed by atoms with Crippen LogP contribution in [0.1, 0.15) is 51.9 Å². The van der Waals surface area contributed by atoms with Gasteiger partial charge >= 0.3 is 5.97 Å². The molecule has 5 nitrogen and oxygen atoms in total. The first-order chi connectivity index (χ1) is 14.6. The van der Waals surface area contributed by atoms with Crippen LogP contribution in [0, 0.1) is 23.7 Å². The fourth-order valence-electron chi connectivity index (χ4n) is 4.22. The van der Waals surface area contributed by atoms with Gasteiger partial charge in [-0.25, -0.2) is 0 Å². The fraction of sp³-hybridized carbons (Fsp3) is 0.708. The number of aliphatic hydroxyl groups excluding tert-OH is 2. The Morgan fingerprint density at radius 1 is 1.33 bits per heavy atom. The van der Waals surface area contributed by atoms with E-state index in [9.17, 15) is 9.90 Å². The highest BCUT2D eigenvalue weighted by Gasteiger charge is 2.31. The van der Waals surface area contributed by atoms with E-state index in [4.69, 9.17) is 14.9 Å². The van der Waals surface area contributed by atoms with Crippen molar-refractivity contribution in [2.75, 3.05) is 31.8 Å². The Bertz CT molecular complexity index is 558. The molecule has 6 heteroatoms. The summed E-state index contributed by atoms with van der Waals surface area (Å²) < 4.78 is 5.79. The number of aliphatic carboxylic acids is 1. The molecular weight excluding hydrogens is 400 g/mol. The summed E-state index contributed by atoms with van der Waals surface area (Å²) in [7, 11) is 1.00. The van der Waals surface area contributed by atoms with Gasteiger partial charge in [0.25, 0.3) is 0 Å². The van der Waals surface area contributed by atoms with Crippen LogP contribution in [0.15, 0.2) is 36.1 Å². The van der Waals surface area contributed by atoms with E-state index in [0.29, 0.717) is 11.8 Å². The van der Waals surface area contributed by atoms with Crippen LogP contribution in [0.4, 0.5) is 0 Å². The zero-order valence-electron chi connectivity index (χ0n) is 18.5. The van der Waals surface area contributed by atoms with E-state index >= 15 is 0 Å². The number of aliphatic hydroxyl groups is 2. The lowest BCUT2D eigenvalue weighted by atomic mass is 9.84. The van der Waals surface area contributed by atoms with Crippen LogP contribution in [0.5, 0.6) is 0 Å². The van der Waals surface area contributed by atoms with E-state index in [1.165, 1.54) is 24.6 Å². The summed E-state index contributed by atoms with van der Waals surface area (Å²) in [5.41, 5.74) is 0. The van der Waals surface area contributed by atoms with Crippen molar-refractivity contribution in [1.29, 1.82) is 0 Å². The third-order valence-electron chi connectivity index (χ3n) is 5.88. The van der Waals surface area contributed by atoms with Gasteiger partial charge in [-0.2, -0.15) is 0 Å². The predicted octanol–water partition coefficient (Wildman–Crippen LogP) is 4.66. The summed E-state index contributed by atoms with van der Waals surface area (Å²) in [6, 6.07) is 0. The van der Waals surface area contributed by atoms with E-state index in [1.54, 1.807) is 0 Å². The number of thioether (sulfide) groups is 1. The molecule has 0 aromatic carbocycles. The van der Waals surface area contributed by atoms with Gasteiger partial charge in [-0.3, -0.25) is 4.79 Å². The fourth-order valence-corrected chi connectivity index (χ4v) is 5.12. The van der Waals surface area contributed by atoms with E-state index < -0.39 is 5.97 Å². The highest BCUT2D eigenvalue weighted by Crippen LogP contribution is 2.41. The Kier molecular flexibility index (Phi) is 14.7. The van der Waals surface area contributed by atoms with Crippen LogP contribution >= 0.6 is 11.8 Å². The Morgan fingerprint density at radius 2 is 2.13 bits per heavy atom. The van der Waals surface area contributed by atoms with Crippen LogP contribution in [0.2, 0.25) is 0 Å². The zero-order valence-corrected chi connectivity index (χ0v) is 19.4. The summed E-state index contributed by atoms with van der Waals surface area (Å²) in [5.74, 6) is 3.28. The molecule has 0 heterocycles. The summed E-state index contributed by atoms with van der Waals surface area (Å²) in [6.45, 7) is 3.22. The molecule has 0 spiro atoms. The lowest BCUT2D eigenvalue weighted by Gasteiger charge is -2.23. The Balaban J connectivity index is 0.00000218. The van der Waals surface area contributed by atoms with Gasteiger partial charge in [0.2, 0.25) is 0 Å². The van der Waals surface area contributed by atoms with Crippen LogP contribution in [-0.2, 0) is 9.53 Å². The molecule has 2 aliphatic rings. The number of carboxylic acids is 1. The number of ether oxygens (including phenoxy) is 1. The van der Waals surface area contributed by atoms with Crippen LogP contribution in [-0.4, -0.2) is 53.1 Å². The maximum atomic E-state index is 10.7. The van der Waals surface area contributed by atoms with Crippen LogP contribution in [0.3, 0.4) is 0 Å². The van der Waals surface area contributed by atoms with Crippen molar-refractivity contribution in [3.8, 4) is 0 Å². The molecule has 0 saturated heterocycles. The normalized spacial score (nSPS) is 24.3. The standard InChI is InChI=1S/C23H36O4S.CH4O/c1-18-10-12-20(7-5-6-14-27-21-8-3-2-4-9-21)22(18)13-11-19(15-24)16-28-17-23(25)26;1-2/h3,5,7-9,18-20,22,24H,2,4,6,10-17H2,1H3,(H,25,26);2H,1H3/b7-5+;/t18?,19-,20-,22-;/m0./s1. The quantitative estimate of drug-likeness (QED) is 0.285. The minimum atomic E-state index is -0.781.